The van der Waals surface area contributed by atoms with Crippen molar-refractivity contribution in [2.75, 3.05) is 13.2 Å². The van der Waals surface area contributed by atoms with Gasteiger partial charge in [-0.1, -0.05) is 0 Å². The maximum atomic E-state index is 13.3. The summed E-state index contributed by atoms with van der Waals surface area (Å²) < 4.78 is 24.2. The van der Waals surface area contributed by atoms with Gasteiger partial charge in [0.2, 0.25) is 0 Å². The van der Waals surface area contributed by atoms with E-state index in [0.29, 0.717) is 35.8 Å². The molecule has 84 valence electrons. The van der Waals surface area contributed by atoms with E-state index in [1.165, 1.54) is 6.92 Å². The smallest absolute Gasteiger partial charge is 0.162 e. The van der Waals surface area contributed by atoms with Crippen LogP contribution in [0.2, 0.25) is 0 Å². The van der Waals surface area contributed by atoms with E-state index in [-0.39, 0.29) is 0 Å². The lowest BCUT2D eigenvalue weighted by molar-refractivity contribution is 0.296. The molecule has 1 heterocycles. The summed E-state index contributed by atoms with van der Waals surface area (Å²) in [7, 11) is 0. The van der Waals surface area contributed by atoms with Gasteiger partial charge >= 0.3 is 0 Å². The summed E-state index contributed by atoms with van der Waals surface area (Å²) in [4.78, 5) is 0. The SMILES string of the molecule is CC(F)c1cc2c(cc1C#N)OCCCO2. The summed E-state index contributed by atoms with van der Waals surface area (Å²) in [5.74, 6) is 1.05. The molecule has 1 aliphatic rings. The first-order chi connectivity index (χ1) is 7.72. The molecule has 0 N–H and O–H groups in total. The molecule has 0 saturated carbocycles. The summed E-state index contributed by atoms with van der Waals surface area (Å²) in [6.07, 6.45) is -0.399. The molecular weight excluding hydrogens is 209 g/mol. The van der Waals surface area contributed by atoms with E-state index >= 15 is 0 Å². The zero-order valence-electron chi connectivity index (χ0n) is 9.00. The van der Waals surface area contributed by atoms with Gasteiger partial charge in [0.05, 0.1) is 24.8 Å². The van der Waals surface area contributed by atoms with Gasteiger partial charge in [0.1, 0.15) is 6.17 Å². The molecule has 1 aliphatic heterocycles. The highest BCUT2D eigenvalue weighted by atomic mass is 19.1. The number of fused-ring (bicyclic) bond motifs is 1. The second kappa shape index (κ2) is 4.40. The van der Waals surface area contributed by atoms with Gasteiger partial charge in [-0.05, 0) is 13.0 Å². The molecule has 2 rings (SSSR count). The van der Waals surface area contributed by atoms with Crippen molar-refractivity contribution < 1.29 is 13.9 Å². The second-order valence-corrected chi connectivity index (χ2v) is 3.66. The van der Waals surface area contributed by atoms with Crippen LogP contribution in [0.25, 0.3) is 0 Å². The van der Waals surface area contributed by atoms with Crippen molar-refractivity contribution in [3.8, 4) is 17.6 Å². The van der Waals surface area contributed by atoms with Gasteiger partial charge in [0.15, 0.2) is 11.5 Å². The Balaban J connectivity index is 2.50. The lowest BCUT2D eigenvalue weighted by Gasteiger charge is -2.11. The number of hydrogen-bond acceptors (Lipinski definition) is 3. The van der Waals surface area contributed by atoms with Crippen molar-refractivity contribution in [2.24, 2.45) is 0 Å². The number of hydrogen-bond donors (Lipinski definition) is 0. The standard InChI is InChI=1S/C12H12FNO2/c1-8(13)10-6-12-11(5-9(10)7-14)15-3-2-4-16-12/h5-6,8H,2-4H2,1H3. The van der Waals surface area contributed by atoms with Crippen LogP contribution in [0.3, 0.4) is 0 Å². The minimum Gasteiger partial charge on any atom is -0.490 e. The Labute approximate surface area is 93.4 Å². The normalized spacial score (nSPS) is 16.1. The van der Waals surface area contributed by atoms with E-state index in [0.717, 1.165) is 6.42 Å². The average Bonchev–Trinajstić information content (AvgIpc) is 2.51. The maximum Gasteiger partial charge on any atom is 0.162 e. The Morgan fingerprint density at radius 2 is 1.94 bits per heavy atom. The summed E-state index contributed by atoms with van der Waals surface area (Å²) >= 11 is 0. The van der Waals surface area contributed by atoms with Crippen LogP contribution in [0, 0.1) is 11.3 Å². The van der Waals surface area contributed by atoms with Crippen molar-refractivity contribution in [3.63, 3.8) is 0 Å². The monoisotopic (exact) mass is 221 g/mol. The van der Waals surface area contributed by atoms with E-state index in [2.05, 4.69) is 0 Å². The molecule has 3 nitrogen and oxygen atoms in total. The molecule has 0 aromatic heterocycles. The minimum atomic E-state index is -1.19. The fourth-order valence-corrected chi connectivity index (χ4v) is 1.65. The van der Waals surface area contributed by atoms with E-state index in [1.54, 1.807) is 12.1 Å². The van der Waals surface area contributed by atoms with Gasteiger partial charge in [-0.25, -0.2) is 4.39 Å². The van der Waals surface area contributed by atoms with Gasteiger partial charge in [-0.15, -0.1) is 0 Å². The van der Waals surface area contributed by atoms with E-state index in [4.69, 9.17) is 14.7 Å². The predicted octanol–water partition coefficient (Wildman–Crippen LogP) is 2.75. The number of rotatable bonds is 1. The van der Waals surface area contributed by atoms with Crippen LogP contribution in [0.15, 0.2) is 12.1 Å². The van der Waals surface area contributed by atoms with Crippen LogP contribution in [0.1, 0.15) is 30.6 Å². The van der Waals surface area contributed by atoms with Gasteiger partial charge in [0.25, 0.3) is 0 Å². The molecule has 0 saturated heterocycles. The number of nitriles is 1. The third-order valence-corrected chi connectivity index (χ3v) is 2.47. The number of nitrogens with zero attached hydrogens (tertiary/aromatic N) is 1. The highest BCUT2D eigenvalue weighted by molar-refractivity contribution is 5.52. The molecule has 0 radical (unpaired) electrons. The number of benzene rings is 1. The highest BCUT2D eigenvalue weighted by Gasteiger charge is 2.17. The lowest BCUT2D eigenvalue weighted by atomic mass is 10.0. The van der Waals surface area contributed by atoms with Crippen LogP contribution in [0.5, 0.6) is 11.5 Å². The first-order valence-corrected chi connectivity index (χ1v) is 5.20. The molecule has 0 aliphatic carbocycles. The van der Waals surface area contributed by atoms with Crippen molar-refractivity contribution >= 4 is 0 Å². The molecule has 1 unspecified atom stereocenters. The summed E-state index contributed by atoms with van der Waals surface area (Å²) in [6.45, 7) is 2.52. The lowest BCUT2D eigenvalue weighted by Crippen LogP contribution is -1.97. The van der Waals surface area contributed by atoms with Crippen molar-refractivity contribution in [3.05, 3.63) is 23.3 Å². The molecule has 1 aromatic carbocycles. The average molecular weight is 221 g/mol. The van der Waals surface area contributed by atoms with E-state index in [9.17, 15) is 4.39 Å². The zero-order valence-corrected chi connectivity index (χ0v) is 9.00. The summed E-state index contributed by atoms with van der Waals surface area (Å²) in [5.41, 5.74) is 0.658. The van der Waals surface area contributed by atoms with Crippen LogP contribution < -0.4 is 9.47 Å². The van der Waals surface area contributed by atoms with Gasteiger partial charge in [-0.3, -0.25) is 0 Å². The van der Waals surface area contributed by atoms with Crippen molar-refractivity contribution in [2.45, 2.75) is 19.5 Å². The van der Waals surface area contributed by atoms with Crippen LogP contribution >= 0.6 is 0 Å². The quantitative estimate of drug-likeness (QED) is 0.732. The zero-order chi connectivity index (χ0) is 11.5. The van der Waals surface area contributed by atoms with Crippen LogP contribution in [0.4, 0.5) is 4.39 Å². The number of ether oxygens (including phenoxy) is 2. The first-order valence-electron chi connectivity index (χ1n) is 5.20. The summed E-state index contributed by atoms with van der Waals surface area (Å²) in [5, 5.41) is 8.93. The topological polar surface area (TPSA) is 42.2 Å². The molecule has 1 aromatic rings. The Kier molecular flexibility index (Phi) is 2.95. The predicted molar refractivity (Wildman–Crippen MR) is 56.3 cm³/mol. The van der Waals surface area contributed by atoms with E-state index < -0.39 is 6.17 Å². The maximum absolute atomic E-state index is 13.3. The third-order valence-electron chi connectivity index (χ3n) is 2.47. The van der Waals surface area contributed by atoms with E-state index in [1.807, 2.05) is 6.07 Å². The second-order valence-electron chi connectivity index (χ2n) is 3.66. The molecule has 0 fully saturated rings. The Bertz CT molecular complexity index is 437. The Morgan fingerprint density at radius 3 is 2.50 bits per heavy atom. The molecule has 16 heavy (non-hydrogen) atoms. The fraction of sp³-hybridized carbons (Fsp3) is 0.417. The van der Waals surface area contributed by atoms with Gasteiger partial charge < -0.3 is 9.47 Å². The highest BCUT2D eigenvalue weighted by Crippen LogP contribution is 2.35. The molecule has 0 amide bonds. The molecule has 0 bridgehead atoms. The van der Waals surface area contributed by atoms with Crippen molar-refractivity contribution in [1.82, 2.24) is 0 Å². The minimum absolute atomic E-state index is 0.305. The molecular formula is C12H12FNO2. The van der Waals surface area contributed by atoms with Gasteiger partial charge in [-0.2, -0.15) is 5.26 Å². The molecule has 4 heteroatoms. The summed E-state index contributed by atoms with van der Waals surface area (Å²) in [6, 6.07) is 5.08. The Hall–Kier alpha value is -1.76. The molecule has 0 spiro atoms. The fourth-order valence-electron chi connectivity index (χ4n) is 1.65. The third kappa shape index (κ3) is 1.94. The molecule has 1 atom stereocenters. The van der Waals surface area contributed by atoms with Gasteiger partial charge in [0, 0.05) is 18.1 Å². The van der Waals surface area contributed by atoms with Crippen molar-refractivity contribution in [1.29, 1.82) is 5.26 Å². The van der Waals surface area contributed by atoms with Crippen LogP contribution in [-0.2, 0) is 0 Å². The van der Waals surface area contributed by atoms with Crippen LogP contribution in [-0.4, -0.2) is 13.2 Å². The Morgan fingerprint density at radius 1 is 1.31 bits per heavy atom. The number of halogens is 1. The first kappa shape index (κ1) is 10.7. The largest absolute Gasteiger partial charge is 0.490 e. The number of alkyl halides is 1.